The van der Waals surface area contributed by atoms with Crippen molar-refractivity contribution in [2.45, 2.75) is 0 Å². The summed E-state index contributed by atoms with van der Waals surface area (Å²) < 4.78 is 43.4. The summed E-state index contributed by atoms with van der Waals surface area (Å²) in [6.07, 6.45) is 0.633. The van der Waals surface area contributed by atoms with Gasteiger partial charge in [-0.05, 0) is 3.77 Å². The minimum atomic E-state index is -4.52. The zero-order chi connectivity index (χ0) is 8.20. The standard InChI is InChI=1S/CN2O5S2/c4-1-2-10(7,8)3-9(5)6. The first kappa shape index (κ1) is 8.95. The molecule has 0 spiro atoms. The molecule has 0 aromatic heterocycles. The summed E-state index contributed by atoms with van der Waals surface area (Å²) in [5, 5.41) is 0. The van der Waals surface area contributed by atoms with E-state index in [2.05, 4.69) is 8.17 Å². The van der Waals surface area contributed by atoms with Crippen LogP contribution in [0, 0.1) is 0 Å². The lowest BCUT2D eigenvalue weighted by Crippen LogP contribution is -1.86. The molecule has 0 aliphatic heterocycles. The zero-order valence-electron chi connectivity index (χ0n) is 4.25. The van der Waals surface area contributed by atoms with Gasteiger partial charge < -0.3 is 0 Å². The van der Waals surface area contributed by atoms with E-state index in [4.69, 9.17) is 0 Å². The van der Waals surface area contributed by atoms with E-state index in [0.717, 1.165) is 0 Å². The van der Waals surface area contributed by atoms with Crippen molar-refractivity contribution in [3.63, 3.8) is 0 Å². The largest absolute Gasteiger partial charge is 0.387 e. The second-order valence-corrected chi connectivity index (χ2v) is 3.03. The first-order chi connectivity index (χ1) is 4.48. The average molecular weight is 184 g/mol. The van der Waals surface area contributed by atoms with Gasteiger partial charge in [-0.3, -0.25) is 0 Å². The van der Waals surface area contributed by atoms with Gasteiger partial charge in [-0.2, -0.15) is 16.8 Å². The van der Waals surface area contributed by atoms with Crippen LogP contribution in [0.2, 0.25) is 0 Å². The molecular weight excluding hydrogens is 184 g/mol. The van der Waals surface area contributed by atoms with Crippen molar-refractivity contribution in [3.05, 3.63) is 0 Å². The predicted octanol–water partition coefficient (Wildman–Crippen LogP) is -1.37. The molecule has 0 bridgehead atoms. The highest BCUT2D eigenvalue weighted by Crippen LogP contribution is 1.89. The van der Waals surface area contributed by atoms with Crippen LogP contribution in [0.5, 0.6) is 0 Å². The molecule has 0 aromatic carbocycles. The fourth-order valence-electron chi connectivity index (χ4n) is 0.141. The minimum Gasteiger partial charge on any atom is -0.210 e. The summed E-state index contributed by atoms with van der Waals surface area (Å²) in [6, 6.07) is 0. The highest BCUT2D eigenvalue weighted by atomic mass is 32.3. The van der Waals surface area contributed by atoms with Crippen LogP contribution in [0.1, 0.15) is 0 Å². The Bertz CT molecular complexity index is 371. The lowest BCUT2D eigenvalue weighted by molar-refractivity contribution is 0.564. The van der Waals surface area contributed by atoms with Gasteiger partial charge in [0.15, 0.2) is 0 Å². The van der Waals surface area contributed by atoms with E-state index in [0.29, 0.717) is 6.08 Å². The maximum Gasteiger partial charge on any atom is 0.387 e. The third-order valence-electron chi connectivity index (χ3n) is 0.308. The first-order valence-corrected chi connectivity index (χ1v) is 4.07. The molecule has 7 nitrogen and oxygen atoms in total. The Labute approximate surface area is 57.3 Å². The van der Waals surface area contributed by atoms with Crippen molar-refractivity contribution in [1.82, 2.24) is 0 Å². The van der Waals surface area contributed by atoms with E-state index in [1.54, 1.807) is 0 Å². The Hall–Kier alpha value is -1.05. The summed E-state index contributed by atoms with van der Waals surface area (Å²) in [6.45, 7) is 0. The van der Waals surface area contributed by atoms with Crippen molar-refractivity contribution in [3.8, 4) is 0 Å². The van der Waals surface area contributed by atoms with Crippen LogP contribution >= 0.6 is 0 Å². The highest BCUT2D eigenvalue weighted by molar-refractivity contribution is 7.93. The van der Waals surface area contributed by atoms with Crippen LogP contribution in [-0.2, 0) is 25.5 Å². The summed E-state index contributed by atoms with van der Waals surface area (Å²) in [7, 11) is -7.64. The van der Waals surface area contributed by atoms with Crippen molar-refractivity contribution >= 4 is 26.8 Å². The van der Waals surface area contributed by atoms with Gasteiger partial charge in [-0.1, -0.05) is 4.40 Å². The van der Waals surface area contributed by atoms with E-state index in [1.165, 1.54) is 0 Å². The second kappa shape index (κ2) is 3.20. The van der Waals surface area contributed by atoms with Gasteiger partial charge >= 0.3 is 20.7 Å². The molecular formula is CN2O5S2. The maximum absolute atomic E-state index is 10.1. The Morgan fingerprint density at radius 2 is 1.80 bits per heavy atom. The van der Waals surface area contributed by atoms with Crippen molar-refractivity contribution < 1.29 is 21.6 Å². The lowest BCUT2D eigenvalue weighted by Gasteiger charge is -1.73. The van der Waals surface area contributed by atoms with Crippen LogP contribution in [0.25, 0.3) is 0 Å². The molecule has 10 heavy (non-hydrogen) atoms. The van der Waals surface area contributed by atoms with Crippen LogP contribution in [0.4, 0.5) is 0 Å². The van der Waals surface area contributed by atoms with Gasteiger partial charge in [0.05, 0.1) is 0 Å². The van der Waals surface area contributed by atoms with E-state index in [1.807, 2.05) is 0 Å². The monoisotopic (exact) mass is 184 g/mol. The first-order valence-electron chi connectivity index (χ1n) is 1.64. The Balaban J connectivity index is 5.20. The predicted molar refractivity (Wildman–Crippen MR) is 28.4 cm³/mol. The van der Waals surface area contributed by atoms with Crippen LogP contribution in [-0.4, -0.2) is 22.9 Å². The van der Waals surface area contributed by atoms with Crippen LogP contribution < -0.4 is 0 Å². The van der Waals surface area contributed by atoms with Gasteiger partial charge in [0.25, 0.3) is 6.08 Å². The highest BCUT2D eigenvalue weighted by Gasteiger charge is 2.03. The zero-order valence-corrected chi connectivity index (χ0v) is 5.89. The lowest BCUT2D eigenvalue weighted by atomic mass is 11.7. The molecule has 0 aliphatic rings. The average Bonchev–Trinajstić information content (AvgIpc) is 1.59. The number of hydrogen-bond acceptors (Lipinski definition) is 5. The van der Waals surface area contributed by atoms with Crippen LogP contribution in [0.15, 0.2) is 8.17 Å². The summed E-state index contributed by atoms with van der Waals surface area (Å²) in [5.41, 5.74) is 0. The molecule has 0 fully saturated rings. The minimum absolute atomic E-state index is 0.633. The van der Waals surface area contributed by atoms with E-state index >= 15 is 0 Å². The summed E-state index contributed by atoms with van der Waals surface area (Å²) in [4.78, 5) is 9.27. The van der Waals surface area contributed by atoms with Gasteiger partial charge in [0, 0.05) is 0 Å². The molecule has 9 heteroatoms. The maximum atomic E-state index is 10.1. The number of hydrogen-bond donors (Lipinski definition) is 0. The molecule has 0 N–H and O–H groups in total. The molecule has 0 radical (unpaired) electrons. The van der Waals surface area contributed by atoms with Crippen molar-refractivity contribution in [2.75, 3.05) is 0 Å². The third kappa shape index (κ3) is 3.89. The molecule has 0 saturated heterocycles. The van der Waals surface area contributed by atoms with Gasteiger partial charge in [-0.15, -0.1) is 0 Å². The summed E-state index contributed by atoms with van der Waals surface area (Å²) in [5.74, 6) is 0. The quantitative estimate of drug-likeness (QED) is 0.388. The van der Waals surface area contributed by atoms with Crippen molar-refractivity contribution in [2.24, 2.45) is 8.17 Å². The number of carbonyl (C=O) groups excluding carboxylic acids is 1. The molecule has 0 aliphatic carbocycles. The van der Waals surface area contributed by atoms with E-state index in [9.17, 15) is 21.6 Å². The Morgan fingerprint density at radius 3 is 2.10 bits per heavy atom. The number of nitrogens with zero attached hydrogens (tertiary/aromatic N) is 2. The normalized spacial score (nSPS) is 9.60. The molecule has 0 unspecified atom stereocenters. The number of isocyanates is 1. The fraction of sp³-hybridized carbons (Fsp3) is 0. The van der Waals surface area contributed by atoms with Crippen LogP contribution in [0.3, 0.4) is 0 Å². The molecule has 0 rings (SSSR count). The molecule has 0 heterocycles. The topological polar surface area (TPSA) is 110 Å². The van der Waals surface area contributed by atoms with E-state index < -0.39 is 20.7 Å². The molecule has 0 atom stereocenters. The summed E-state index contributed by atoms with van der Waals surface area (Å²) >= 11 is 0. The number of rotatable bonds is 2. The smallest absolute Gasteiger partial charge is 0.210 e. The van der Waals surface area contributed by atoms with Gasteiger partial charge in [-0.25, -0.2) is 4.79 Å². The van der Waals surface area contributed by atoms with E-state index in [-0.39, 0.29) is 0 Å². The SMILES string of the molecule is O=C=NS(=O)(=O)N=S(=O)=O. The fourth-order valence-corrected chi connectivity index (χ4v) is 0.983. The van der Waals surface area contributed by atoms with Gasteiger partial charge in [0.1, 0.15) is 0 Å². The Kier molecular flexibility index (Phi) is 2.87. The molecule has 0 aromatic rings. The molecule has 56 valence electrons. The van der Waals surface area contributed by atoms with Crippen molar-refractivity contribution in [1.29, 1.82) is 0 Å². The Morgan fingerprint density at radius 1 is 1.30 bits per heavy atom. The third-order valence-corrected chi connectivity index (χ3v) is 1.85. The van der Waals surface area contributed by atoms with Gasteiger partial charge in [0.2, 0.25) is 0 Å². The molecule has 0 amide bonds. The molecule has 0 saturated carbocycles. The second-order valence-electron chi connectivity index (χ2n) is 0.922.